The first-order valence-electron chi connectivity index (χ1n) is 5.25. The maximum Gasteiger partial charge on any atom is 0.303 e. The predicted octanol–water partition coefficient (Wildman–Crippen LogP) is 1.42. The van der Waals surface area contributed by atoms with E-state index < -0.39 is 5.97 Å². The fraction of sp³-hybridized carbons (Fsp3) is 0.417. The van der Waals surface area contributed by atoms with Gasteiger partial charge in [0.1, 0.15) is 0 Å². The summed E-state index contributed by atoms with van der Waals surface area (Å²) in [6.07, 6.45) is 1.12. The molecule has 1 unspecified atom stereocenters. The first-order valence-corrected chi connectivity index (χ1v) is 5.25. The fourth-order valence-electron chi connectivity index (χ4n) is 2.11. The van der Waals surface area contributed by atoms with Gasteiger partial charge in [0.05, 0.1) is 0 Å². The maximum absolute atomic E-state index is 10.7. The highest BCUT2D eigenvalue weighted by atomic mass is 16.4. The van der Waals surface area contributed by atoms with E-state index in [2.05, 4.69) is 17.4 Å². The molecule has 1 aromatic carbocycles. The Bertz CT molecular complexity index is 362. The normalized spacial score (nSPS) is 20.4. The fourth-order valence-corrected chi connectivity index (χ4v) is 2.11. The number of nitrogens with one attached hydrogen (secondary N) is 1. The predicted molar refractivity (Wildman–Crippen MR) is 57.6 cm³/mol. The Kier molecular flexibility index (Phi) is 3.02. The Morgan fingerprint density at radius 2 is 2.13 bits per heavy atom. The SMILES string of the molecule is O=C(O)CC1CNCc2ccccc2C1. The molecular formula is C12H15NO2. The van der Waals surface area contributed by atoms with Crippen LogP contribution in [0.2, 0.25) is 0 Å². The molecule has 0 aromatic heterocycles. The molecule has 1 aromatic rings. The molecule has 0 radical (unpaired) electrons. The van der Waals surface area contributed by atoms with Crippen LogP contribution in [0.15, 0.2) is 24.3 Å². The molecule has 80 valence electrons. The molecule has 0 saturated carbocycles. The van der Waals surface area contributed by atoms with Gasteiger partial charge in [0.15, 0.2) is 0 Å². The molecule has 0 amide bonds. The van der Waals surface area contributed by atoms with E-state index >= 15 is 0 Å². The molecule has 3 heteroatoms. The minimum absolute atomic E-state index is 0.214. The van der Waals surface area contributed by atoms with E-state index in [1.54, 1.807) is 0 Å². The molecule has 2 rings (SSSR count). The van der Waals surface area contributed by atoms with Crippen molar-refractivity contribution in [3.8, 4) is 0 Å². The second-order valence-electron chi connectivity index (χ2n) is 4.07. The van der Waals surface area contributed by atoms with Crippen molar-refractivity contribution < 1.29 is 9.90 Å². The van der Waals surface area contributed by atoms with Crippen LogP contribution in [0.25, 0.3) is 0 Å². The lowest BCUT2D eigenvalue weighted by molar-refractivity contribution is -0.138. The van der Waals surface area contributed by atoms with Crippen molar-refractivity contribution in [1.29, 1.82) is 0 Å². The summed E-state index contributed by atoms with van der Waals surface area (Å²) in [4.78, 5) is 10.7. The monoisotopic (exact) mass is 205 g/mol. The number of carboxylic acid groups (broad SMARTS) is 1. The van der Waals surface area contributed by atoms with Crippen LogP contribution in [0, 0.1) is 5.92 Å². The van der Waals surface area contributed by atoms with Gasteiger partial charge in [0.2, 0.25) is 0 Å². The van der Waals surface area contributed by atoms with Gasteiger partial charge in [-0.15, -0.1) is 0 Å². The molecule has 1 aliphatic heterocycles. The van der Waals surface area contributed by atoms with E-state index in [1.807, 2.05) is 12.1 Å². The average molecular weight is 205 g/mol. The third kappa shape index (κ3) is 2.57. The van der Waals surface area contributed by atoms with Gasteiger partial charge >= 0.3 is 5.97 Å². The topological polar surface area (TPSA) is 49.3 Å². The number of hydrogen-bond acceptors (Lipinski definition) is 2. The standard InChI is InChI=1S/C12H15NO2/c14-12(15)6-9-5-10-3-1-2-4-11(10)8-13-7-9/h1-4,9,13H,5-8H2,(H,14,15). The molecule has 2 N–H and O–H groups in total. The highest BCUT2D eigenvalue weighted by Gasteiger charge is 2.18. The van der Waals surface area contributed by atoms with Crippen molar-refractivity contribution in [1.82, 2.24) is 5.32 Å². The first kappa shape index (κ1) is 10.2. The molecule has 1 heterocycles. The molecule has 1 atom stereocenters. The van der Waals surface area contributed by atoms with Gasteiger partial charge in [-0.3, -0.25) is 4.79 Å². The second-order valence-corrected chi connectivity index (χ2v) is 4.07. The van der Waals surface area contributed by atoms with E-state index in [4.69, 9.17) is 5.11 Å². The molecule has 1 aliphatic rings. The number of fused-ring (bicyclic) bond motifs is 1. The number of hydrogen-bond donors (Lipinski definition) is 2. The highest BCUT2D eigenvalue weighted by Crippen LogP contribution is 2.19. The zero-order chi connectivity index (χ0) is 10.7. The molecule has 0 saturated heterocycles. The summed E-state index contributed by atoms with van der Waals surface area (Å²) in [6, 6.07) is 8.24. The Morgan fingerprint density at radius 3 is 2.87 bits per heavy atom. The highest BCUT2D eigenvalue weighted by molar-refractivity contribution is 5.67. The van der Waals surface area contributed by atoms with Crippen LogP contribution in [-0.2, 0) is 17.8 Å². The maximum atomic E-state index is 10.7. The Labute approximate surface area is 89.1 Å². The number of rotatable bonds is 2. The summed E-state index contributed by atoms with van der Waals surface area (Å²) < 4.78 is 0. The number of aliphatic carboxylic acids is 1. The summed E-state index contributed by atoms with van der Waals surface area (Å²) in [5, 5.41) is 12.1. The van der Waals surface area contributed by atoms with Gasteiger partial charge in [0, 0.05) is 13.0 Å². The lowest BCUT2D eigenvalue weighted by atomic mass is 9.95. The smallest absolute Gasteiger partial charge is 0.303 e. The van der Waals surface area contributed by atoms with Crippen molar-refractivity contribution in [2.24, 2.45) is 5.92 Å². The molecule has 0 spiro atoms. The van der Waals surface area contributed by atoms with E-state index in [0.29, 0.717) is 0 Å². The quantitative estimate of drug-likeness (QED) is 0.767. The van der Waals surface area contributed by atoms with Crippen LogP contribution < -0.4 is 5.32 Å². The third-order valence-electron chi connectivity index (χ3n) is 2.84. The Balaban J connectivity index is 2.13. The van der Waals surface area contributed by atoms with Crippen molar-refractivity contribution in [3.05, 3.63) is 35.4 Å². The summed E-state index contributed by atoms with van der Waals surface area (Å²) >= 11 is 0. The van der Waals surface area contributed by atoms with Crippen LogP contribution >= 0.6 is 0 Å². The van der Waals surface area contributed by atoms with Crippen LogP contribution in [-0.4, -0.2) is 17.6 Å². The van der Waals surface area contributed by atoms with Crippen LogP contribution in [0.3, 0.4) is 0 Å². The number of benzene rings is 1. The van der Waals surface area contributed by atoms with Crippen LogP contribution in [0.1, 0.15) is 17.5 Å². The van der Waals surface area contributed by atoms with Crippen molar-refractivity contribution in [2.45, 2.75) is 19.4 Å². The Morgan fingerprint density at radius 1 is 1.40 bits per heavy atom. The van der Waals surface area contributed by atoms with E-state index in [1.165, 1.54) is 11.1 Å². The number of carboxylic acids is 1. The molecule has 0 fully saturated rings. The lowest BCUT2D eigenvalue weighted by Gasteiger charge is -2.11. The summed E-state index contributed by atoms with van der Waals surface area (Å²) in [6.45, 7) is 1.65. The van der Waals surface area contributed by atoms with Crippen molar-refractivity contribution in [2.75, 3.05) is 6.54 Å². The van der Waals surface area contributed by atoms with Crippen LogP contribution in [0.5, 0.6) is 0 Å². The zero-order valence-electron chi connectivity index (χ0n) is 8.57. The molecular weight excluding hydrogens is 190 g/mol. The number of carbonyl (C=O) groups is 1. The minimum Gasteiger partial charge on any atom is -0.481 e. The van der Waals surface area contributed by atoms with Gasteiger partial charge in [-0.05, 0) is 30.0 Å². The van der Waals surface area contributed by atoms with E-state index in [-0.39, 0.29) is 12.3 Å². The summed E-state index contributed by atoms with van der Waals surface area (Å²) in [7, 11) is 0. The largest absolute Gasteiger partial charge is 0.481 e. The average Bonchev–Trinajstić information content (AvgIpc) is 2.38. The third-order valence-corrected chi connectivity index (χ3v) is 2.84. The van der Waals surface area contributed by atoms with E-state index in [9.17, 15) is 4.79 Å². The van der Waals surface area contributed by atoms with Gasteiger partial charge in [-0.2, -0.15) is 0 Å². The Hall–Kier alpha value is -1.35. The second kappa shape index (κ2) is 4.45. The minimum atomic E-state index is -0.707. The van der Waals surface area contributed by atoms with E-state index in [0.717, 1.165) is 19.5 Å². The van der Waals surface area contributed by atoms with Crippen molar-refractivity contribution >= 4 is 5.97 Å². The lowest BCUT2D eigenvalue weighted by Crippen LogP contribution is -2.22. The van der Waals surface area contributed by atoms with Crippen LogP contribution in [0.4, 0.5) is 0 Å². The summed E-state index contributed by atoms with van der Waals surface area (Å²) in [5.74, 6) is -0.493. The molecule has 3 nitrogen and oxygen atoms in total. The van der Waals surface area contributed by atoms with Gasteiger partial charge in [-0.1, -0.05) is 24.3 Å². The van der Waals surface area contributed by atoms with Gasteiger partial charge in [-0.25, -0.2) is 0 Å². The molecule has 0 aliphatic carbocycles. The first-order chi connectivity index (χ1) is 7.25. The molecule has 15 heavy (non-hydrogen) atoms. The summed E-state index contributed by atoms with van der Waals surface area (Å²) in [5.41, 5.74) is 2.58. The van der Waals surface area contributed by atoms with Gasteiger partial charge < -0.3 is 10.4 Å². The zero-order valence-corrected chi connectivity index (χ0v) is 8.57. The molecule has 0 bridgehead atoms. The van der Waals surface area contributed by atoms with Crippen molar-refractivity contribution in [3.63, 3.8) is 0 Å². The van der Waals surface area contributed by atoms with Gasteiger partial charge in [0.25, 0.3) is 0 Å².